The molecule has 0 unspecified atom stereocenters. The van der Waals surface area contributed by atoms with Crippen molar-refractivity contribution in [2.24, 2.45) is 0 Å². The smallest absolute Gasteiger partial charge is 0.275 e. The van der Waals surface area contributed by atoms with Gasteiger partial charge in [0.2, 0.25) is 0 Å². The van der Waals surface area contributed by atoms with Crippen molar-refractivity contribution in [3.05, 3.63) is 100 Å². The normalized spacial score (nSPS) is 12.8. The molecule has 1 amide bonds. The highest BCUT2D eigenvalue weighted by molar-refractivity contribution is 6.30. The minimum atomic E-state index is -0.242. The Morgan fingerprint density at radius 2 is 1.79 bits per heavy atom. The molecule has 6 rings (SSSR count). The summed E-state index contributed by atoms with van der Waals surface area (Å²) in [5, 5.41) is 12.3. The van der Waals surface area contributed by atoms with E-state index in [9.17, 15) is 4.79 Å². The van der Waals surface area contributed by atoms with E-state index >= 15 is 0 Å². The van der Waals surface area contributed by atoms with Gasteiger partial charge in [-0.1, -0.05) is 53.6 Å². The van der Waals surface area contributed by atoms with Gasteiger partial charge in [0.25, 0.3) is 5.91 Å². The number of hydrogen-bond acceptors (Lipinski definition) is 4. The number of nitrogens with one attached hydrogen (secondary N) is 2. The van der Waals surface area contributed by atoms with Crippen molar-refractivity contribution in [2.45, 2.75) is 39.3 Å². The molecule has 3 heterocycles. The van der Waals surface area contributed by atoms with E-state index in [2.05, 4.69) is 46.4 Å². The Morgan fingerprint density at radius 1 is 1.03 bits per heavy atom. The first-order chi connectivity index (χ1) is 19.0. The number of benzene rings is 3. The van der Waals surface area contributed by atoms with Gasteiger partial charge in [0.15, 0.2) is 5.82 Å². The van der Waals surface area contributed by atoms with E-state index in [0.717, 1.165) is 59.7 Å². The van der Waals surface area contributed by atoms with Crippen LogP contribution in [-0.2, 0) is 19.5 Å². The number of amides is 1. The van der Waals surface area contributed by atoms with Crippen molar-refractivity contribution in [1.29, 1.82) is 0 Å². The number of hydrogen-bond donors (Lipinski definition) is 2. The van der Waals surface area contributed by atoms with Crippen LogP contribution in [0.3, 0.4) is 0 Å². The highest BCUT2D eigenvalue weighted by Crippen LogP contribution is 2.38. The van der Waals surface area contributed by atoms with Crippen molar-refractivity contribution < 1.29 is 9.53 Å². The average molecular weight is 540 g/mol. The second-order valence-corrected chi connectivity index (χ2v) is 10.3. The van der Waals surface area contributed by atoms with Crippen LogP contribution in [-0.4, -0.2) is 27.2 Å². The predicted octanol–water partition coefficient (Wildman–Crippen LogP) is 6.97. The molecule has 0 aliphatic carbocycles. The quantitative estimate of drug-likeness (QED) is 0.234. The number of ether oxygens (including phenoxy) is 1. The van der Waals surface area contributed by atoms with Crippen LogP contribution in [0.5, 0.6) is 5.75 Å². The molecule has 2 N–H and O–H groups in total. The van der Waals surface area contributed by atoms with E-state index < -0.39 is 0 Å². The van der Waals surface area contributed by atoms with Gasteiger partial charge in [-0.05, 0) is 68.1 Å². The van der Waals surface area contributed by atoms with E-state index in [1.165, 1.54) is 5.56 Å². The van der Waals surface area contributed by atoms with Crippen LogP contribution < -0.4 is 15.4 Å². The van der Waals surface area contributed by atoms with Crippen molar-refractivity contribution in [3.8, 4) is 16.9 Å². The van der Waals surface area contributed by atoms with Gasteiger partial charge in [0.1, 0.15) is 17.1 Å². The van der Waals surface area contributed by atoms with Gasteiger partial charge < -0.3 is 19.9 Å². The third-order valence-electron chi connectivity index (χ3n) is 7.27. The number of carbonyl (C=O) groups is 1. The fourth-order valence-electron chi connectivity index (χ4n) is 5.35. The first-order valence-corrected chi connectivity index (χ1v) is 13.5. The van der Waals surface area contributed by atoms with E-state index in [1.807, 2.05) is 53.0 Å². The molecule has 0 radical (unpaired) electrons. The summed E-state index contributed by atoms with van der Waals surface area (Å²) < 4.78 is 9.59. The third-order valence-corrected chi connectivity index (χ3v) is 7.52. The fraction of sp³-hybridized carbons (Fsp3) is 0.226. The molecule has 5 aromatic rings. The molecular formula is C31H30ClN5O2. The molecule has 39 heavy (non-hydrogen) atoms. The largest absolute Gasteiger partial charge is 0.495 e. The summed E-state index contributed by atoms with van der Waals surface area (Å²) in [4.78, 5) is 14.0. The number of para-hydroxylation sites is 2. The Morgan fingerprint density at radius 3 is 2.56 bits per heavy atom. The summed E-state index contributed by atoms with van der Waals surface area (Å²) in [6.45, 7) is 3.47. The highest BCUT2D eigenvalue weighted by atomic mass is 35.5. The van der Waals surface area contributed by atoms with Crippen molar-refractivity contribution in [3.63, 3.8) is 0 Å². The summed E-state index contributed by atoms with van der Waals surface area (Å²) in [6.07, 6.45) is 2.93. The zero-order chi connectivity index (χ0) is 26.9. The minimum Gasteiger partial charge on any atom is -0.495 e. The number of anilines is 2. The molecule has 7 nitrogen and oxygen atoms in total. The second-order valence-electron chi connectivity index (χ2n) is 9.84. The number of aryl methyl sites for hydroxylation is 3. The Balaban J connectivity index is 1.49. The SMILES string of the molecule is COc1ccccc1NC(=O)c1c(-c2ccc(Cl)cc2)c2c3n(c(CNc4ccc(C)cc4)nn13)CCCC2. The van der Waals surface area contributed by atoms with Crippen LogP contribution in [0.1, 0.15) is 40.3 Å². The maximum Gasteiger partial charge on any atom is 0.275 e. The van der Waals surface area contributed by atoms with E-state index in [4.69, 9.17) is 21.4 Å². The summed E-state index contributed by atoms with van der Waals surface area (Å²) in [6, 6.07) is 23.4. The lowest BCUT2D eigenvalue weighted by molar-refractivity contribution is 0.102. The number of methoxy groups -OCH3 is 1. The molecule has 0 bridgehead atoms. The van der Waals surface area contributed by atoms with Crippen LogP contribution in [0, 0.1) is 6.92 Å². The summed E-state index contributed by atoms with van der Waals surface area (Å²) in [5.74, 6) is 1.25. The molecule has 198 valence electrons. The molecule has 8 heteroatoms. The van der Waals surface area contributed by atoms with Crippen molar-refractivity contribution in [2.75, 3.05) is 17.7 Å². The third kappa shape index (κ3) is 4.74. The minimum absolute atomic E-state index is 0.242. The monoisotopic (exact) mass is 539 g/mol. The first-order valence-electron chi connectivity index (χ1n) is 13.2. The van der Waals surface area contributed by atoms with Crippen LogP contribution in [0.25, 0.3) is 16.8 Å². The zero-order valence-electron chi connectivity index (χ0n) is 22.0. The predicted molar refractivity (Wildman–Crippen MR) is 156 cm³/mol. The Bertz CT molecular complexity index is 1650. The summed E-state index contributed by atoms with van der Waals surface area (Å²) >= 11 is 6.23. The van der Waals surface area contributed by atoms with Crippen LogP contribution in [0.4, 0.5) is 11.4 Å². The van der Waals surface area contributed by atoms with E-state index in [-0.39, 0.29) is 5.91 Å². The van der Waals surface area contributed by atoms with Crippen molar-refractivity contribution in [1.82, 2.24) is 14.2 Å². The second kappa shape index (κ2) is 10.5. The van der Waals surface area contributed by atoms with E-state index in [1.54, 1.807) is 7.11 Å². The first kappa shape index (κ1) is 25.1. The molecule has 0 atom stereocenters. The van der Waals surface area contributed by atoms with Gasteiger partial charge in [0, 0.05) is 28.4 Å². The molecular weight excluding hydrogens is 510 g/mol. The van der Waals surface area contributed by atoms with E-state index in [0.29, 0.717) is 28.7 Å². The van der Waals surface area contributed by atoms with Gasteiger partial charge in [-0.3, -0.25) is 4.79 Å². The number of carbonyl (C=O) groups excluding carboxylic acids is 1. The van der Waals surface area contributed by atoms with Gasteiger partial charge in [-0.2, -0.15) is 5.10 Å². The zero-order valence-corrected chi connectivity index (χ0v) is 22.8. The molecule has 0 saturated carbocycles. The van der Waals surface area contributed by atoms with Crippen LogP contribution in [0.2, 0.25) is 5.02 Å². The topological polar surface area (TPSA) is 72.6 Å². The van der Waals surface area contributed by atoms with Gasteiger partial charge in [-0.15, -0.1) is 0 Å². The van der Waals surface area contributed by atoms with Gasteiger partial charge >= 0.3 is 0 Å². The van der Waals surface area contributed by atoms with Gasteiger partial charge in [-0.25, -0.2) is 4.52 Å². The van der Waals surface area contributed by atoms with Crippen molar-refractivity contribution >= 4 is 34.5 Å². The number of nitrogens with zero attached hydrogens (tertiary/aromatic N) is 3. The maximum absolute atomic E-state index is 14.0. The lowest BCUT2D eigenvalue weighted by atomic mass is 9.98. The van der Waals surface area contributed by atoms with Crippen LogP contribution >= 0.6 is 11.6 Å². The Kier molecular flexibility index (Phi) is 6.75. The maximum atomic E-state index is 14.0. The molecule has 2 aromatic heterocycles. The molecule has 0 fully saturated rings. The molecule has 0 saturated heterocycles. The standard InChI is InChI=1S/C31H30ClN5O2/c1-20-10-16-23(17-11-20)33-19-27-35-37-29(30(38)34-25-8-3-4-9-26(25)39-2)28(21-12-14-22(32)15-13-21)24-7-5-6-18-36(27)31(24)37/h3-4,8-17,33H,5-7,18-19H2,1-2H3,(H,34,38). The molecule has 1 aliphatic heterocycles. The molecule has 3 aromatic carbocycles. The Hall–Kier alpha value is -4.23. The summed E-state index contributed by atoms with van der Waals surface area (Å²) in [7, 11) is 1.60. The number of aromatic nitrogens is 3. The molecule has 0 spiro atoms. The summed E-state index contributed by atoms with van der Waals surface area (Å²) in [5.41, 5.74) is 7.31. The average Bonchev–Trinajstić information content (AvgIpc) is 3.35. The Labute approximate surface area is 232 Å². The van der Waals surface area contributed by atoms with Gasteiger partial charge in [0.05, 0.1) is 19.3 Å². The lowest BCUT2D eigenvalue weighted by Crippen LogP contribution is -2.16. The van der Waals surface area contributed by atoms with Crippen LogP contribution in [0.15, 0.2) is 72.8 Å². The lowest BCUT2D eigenvalue weighted by Gasteiger charge is -2.12. The highest BCUT2D eigenvalue weighted by Gasteiger charge is 2.30. The fourth-order valence-corrected chi connectivity index (χ4v) is 5.48. The number of rotatable bonds is 7. The number of halogens is 1. The molecule has 1 aliphatic rings.